The van der Waals surface area contributed by atoms with Crippen molar-refractivity contribution >= 4 is 34.8 Å². The number of hydrogen-bond donors (Lipinski definition) is 2. The second-order valence-corrected chi connectivity index (χ2v) is 7.72. The summed E-state index contributed by atoms with van der Waals surface area (Å²) in [5.74, 6) is -0.662. The number of benzene rings is 2. The number of para-hydroxylation sites is 1. The van der Waals surface area contributed by atoms with Crippen LogP contribution >= 0.6 is 0 Å². The zero-order chi connectivity index (χ0) is 26.2. The van der Waals surface area contributed by atoms with Gasteiger partial charge in [0.05, 0.1) is 34.9 Å². The number of carbonyl (C=O) groups is 3. The smallest absolute Gasteiger partial charge is 0.307 e. The molecule has 10 heteroatoms. The molecule has 3 aromatic rings. The third-order valence-electron chi connectivity index (χ3n) is 5.49. The molecule has 190 valence electrons. The summed E-state index contributed by atoms with van der Waals surface area (Å²) in [6.45, 7) is 0.0401. The molecule has 0 radical (unpaired) electrons. The Morgan fingerprint density at radius 3 is 2.25 bits per heavy atom. The van der Waals surface area contributed by atoms with E-state index >= 15 is 0 Å². The second kappa shape index (κ2) is 11.8. The van der Waals surface area contributed by atoms with Gasteiger partial charge in [-0.3, -0.25) is 14.4 Å². The van der Waals surface area contributed by atoms with E-state index in [0.29, 0.717) is 17.2 Å². The Morgan fingerprint density at radius 1 is 0.972 bits per heavy atom. The number of aromatic nitrogens is 1. The Hall–Kier alpha value is -4.47. The van der Waals surface area contributed by atoms with Crippen LogP contribution in [-0.4, -0.2) is 57.3 Å². The summed E-state index contributed by atoms with van der Waals surface area (Å²) in [5, 5.41) is 6.23. The Kier molecular flexibility index (Phi) is 8.56. The topological polar surface area (TPSA) is 117 Å². The van der Waals surface area contributed by atoms with E-state index in [9.17, 15) is 14.4 Å². The number of aryl methyl sites for hydroxylation is 1. The summed E-state index contributed by atoms with van der Waals surface area (Å²) in [7, 11) is 7.51. The van der Waals surface area contributed by atoms with Crippen LogP contribution in [0.1, 0.15) is 22.3 Å². The van der Waals surface area contributed by atoms with Crippen LogP contribution in [0.15, 0.2) is 48.3 Å². The van der Waals surface area contributed by atoms with Gasteiger partial charge in [-0.25, -0.2) is 0 Å². The average molecular weight is 496 g/mol. The molecule has 2 N–H and O–H groups in total. The minimum Gasteiger partial charge on any atom is -0.493 e. The van der Waals surface area contributed by atoms with Crippen molar-refractivity contribution in [3.63, 3.8) is 0 Å². The molecule has 0 fully saturated rings. The molecule has 0 bridgehead atoms. The molecule has 0 saturated carbocycles. The Bertz CT molecular complexity index is 1290. The van der Waals surface area contributed by atoms with Gasteiger partial charge in [-0.1, -0.05) is 18.2 Å². The van der Waals surface area contributed by atoms with E-state index in [1.54, 1.807) is 6.08 Å². The van der Waals surface area contributed by atoms with E-state index in [1.807, 2.05) is 42.1 Å². The maximum atomic E-state index is 13.2. The van der Waals surface area contributed by atoms with Crippen LogP contribution < -0.4 is 24.8 Å². The van der Waals surface area contributed by atoms with Crippen LogP contribution in [0.25, 0.3) is 17.0 Å². The van der Waals surface area contributed by atoms with Crippen molar-refractivity contribution in [1.82, 2.24) is 15.2 Å². The number of esters is 1. The monoisotopic (exact) mass is 495 g/mol. The fraction of sp³-hybridized carbons (Fsp3) is 0.269. The first-order chi connectivity index (χ1) is 17.3. The normalized spacial score (nSPS) is 11.1. The van der Waals surface area contributed by atoms with Crippen molar-refractivity contribution in [2.24, 2.45) is 7.05 Å². The Balaban J connectivity index is 1.98. The predicted octanol–water partition coefficient (Wildman–Crippen LogP) is 2.65. The molecule has 0 aliphatic carbocycles. The predicted molar refractivity (Wildman–Crippen MR) is 134 cm³/mol. The zero-order valence-corrected chi connectivity index (χ0v) is 20.8. The van der Waals surface area contributed by atoms with Gasteiger partial charge in [-0.15, -0.1) is 0 Å². The molecule has 10 nitrogen and oxygen atoms in total. The van der Waals surface area contributed by atoms with Crippen molar-refractivity contribution in [2.75, 3.05) is 35.0 Å². The van der Waals surface area contributed by atoms with Gasteiger partial charge in [0.2, 0.25) is 5.75 Å². The first-order valence-corrected chi connectivity index (χ1v) is 11.0. The van der Waals surface area contributed by atoms with Gasteiger partial charge in [0, 0.05) is 41.8 Å². The highest BCUT2D eigenvalue weighted by atomic mass is 16.5. The molecule has 2 aromatic carbocycles. The van der Waals surface area contributed by atoms with Crippen molar-refractivity contribution in [2.45, 2.75) is 6.42 Å². The van der Waals surface area contributed by atoms with E-state index in [-0.39, 0.29) is 24.2 Å². The van der Waals surface area contributed by atoms with E-state index in [0.717, 1.165) is 16.5 Å². The van der Waals surface area contributed by atoms with Crippen LogP contribution in [0.4, 0.5) is 0 Å². The number of fused-ring (bicyclic) bond motifs is 1. The summed E-state index contributed by atoms with van der Waals surface area (Å²) >= 11 is 0. The SMILES string of the molecule is COC(=O)CCNC(=O)/C(=C/c1cn(C)c2ccccc12)NC(=O)c1cc(OC)c(OC)c(OC)c1. The third-order valence-corrected chi connectivity index (χ3v) is 5.49. The van der Waals surface area contributed by atoms with Gasteiger partial charge < -0.3 is 34.1 Å². The van der Waals surface area contributed by atoms with Gasteiger partial charge in [0.25, 0.3) is 11.8 Å². The second-order valence-electron chi connectivity index (χ2n) is 7.72. The molecular formula is C26H29N3O7. The average Bonchev–Trinajstić information content (AvgIpc) is 3.21. The zero-order valence-electron chi connectivity index (χ0n) is 20.8. The van der Waals surface area contributed by atoms with Gasteiger partial charge in [0.15, 0.2) is 11.5 Å². The lowest BCUT2D eigenvalue weighted by molar-refractivity contribution is -0.140. The van der Waals surface area contributed by atoms with Gasteiger partial charge in [-0.2, -0.15) is 0 Å². The summed E-state index contributed by atoms with van der Waals surface area (Å²) in [6.07, 6.45) is 3.44. The van der Waals surface area contributed by atoms with Crippen LogP contribution in [0.3, 0.4) is 0 Å². The quantitative estimate of drug-likeness (QED) is 0.328. The molecule has 1 aromatic heterocycles. The first-order valence-electron chi connectivity index (χ1n) is 11.0. The highest BCUT2D eigenvalue weighted by Crippen LogP contribution is 2.38. The maximum absolute atomic E-state index is 13.2. The molecule has 0 unspecified atom stereocenters. The number of ether oxygens (including phenoxy) is 4. The van der Waals surface area contributed by atoms with Crippen molar-refractivity contribution in [3.05, 3.63) is 59.4 Å². The standard InChI is InChI=1S/C26H29N3O7/c1-29-15-17(18-8-6-7-9-20(18)29)12-19(26(32)27-11-10-23(30)35-4)28-25(31)16-13-21(33-2)24(36-5)22(14-16)34-3/h6-9,12-15H,10-11H2,1-5H3,(H,27,32)(H,28,31)/b19-12-. The Labute approximate surface area is 208 Å². The minimum absolute atomic E-state index is 0.00466. The largest absolute Gasteiger partial charge is 0.493 e. The maximum Gasteiger partial charge on any atom is 0.307 e. The van der Waals surface area contributed by atoms with E-state index < -0.39 is 17.8 Å². The lowest BCUT2D eigenvalue weighted by Gasteiger charge is -2.15. The number of hydrogen-bond acceptors (Lipinski definition) is 7. The van der Waals surface area contributed by atoms with E-state index in [2.05, 4.69) is 15.4 Å². The fourth-order valence-electron chi connectivity index (χ4n) is 3.68. The highest BCUT2D eigenvalue weighted by molar-refractivity contribution is 6.07. The van der Waals surface area contributed by atoms with Gasteiger partial charge in [-0.05, 0) is 24.3 Å². The molecule has 0 saturated heterocycles. The molecule has 0 spiro atoms. The summed E-state index contributed by atoms with van der Waals surface area (Å²) in [6, 6.07) is 10.7. The van der Waals surface area contributed by atoms with Gasteiger partial charge >= 0.3 is 5.97 Å². The molecule has 0 atom stereocenters. The molecule has 3 rings (SSSR count). The highest BCUT2D eigenvalue weighted by Gasteiger charge is 2.20. The van der Waals surface area contributed by atoms with Crippen molar-refractivity contribution in [3.8, 4) is 17.2 Å². The fourth-order valence-corrected chi connectivity index (χ4v) is 3.68. The number of amides is 2. The Morgan fingerprint density at radius 2 is 1.64 bits per heavy atom. The molecule has 0 aliphatic rings. The molecule has 0 aliphatic heterocycles. The molecule has 2 amide bonds. The van der Waals surface area contributed by atoms with Gasteiger partial charge in [0.1, 0.15) is 5.70 Å². The number of nitrogens with one attached hydrogen (secondary N) is 2. The number of methoxy groups -OCH3 is 4. The molecule has 36 heavy (non-hydrogen) atoms. The lowest BCUT2D eigenvalue weighted by atomic mass is 10.1. The minimum atomic E-state index is -0.566. The van der Waals surface area contributed by atoms with Crippen LogP contribution in [0.5, 0.6) is 17.2 Å². The van der Waals surface area contributed by atoms with E-state index in [4.69, 9.17) is 14.2 Å². The molecular weight excluding hydrogens is 466 g/mol. The van der Waals surface area contributed by atoms with Crippen LogP contribution in [0.2, 0.25) is 0 Å². The summed E-state index contributed by atoms with van der Waals surface area (Å²) in [5.41, 5.74) is 1.88. The molecule has 1 heterocycles. The summed E-state index contributed by atoms with van der Waals surface area (Å²) in [4.78, 5) is 37.7. The van der Waals surface area contributed by atoms with Crippen LogP contribution in [-0.2, 0) is 21.4 Å². The third kappa shape index (κ3) is 5.77. The first kappa shape index (κ1) is 26.1. The number of carbonyl (C=O) groups excluding carboxylic acids is 3. The lowest BCUT2D eigenvalue weighted by Crippen LogP contribution is -2.36. The van der Waals surface area contributed by atoms with Crippen molar-refractivity contribution in [1.29, 1.82) is 0 Å². The summed E-state index contributed by atoms with van der Waals surface area (Å²) < 4.78 is 22.5. The van der Waals surface area contributed by atoms with Crippen LogP contribution in [0, 0.1) is 0 Å². The number of nitrogens with zero attached hydrogens (tertiary/aromatic N) is 1. The number of rotatable bonds is 10. The van der Waals surface area contributed by atoms with Crippen molar-refractivity contribution < 1.29 is 33.3 Å². The van der Waals surface area contributed by atoms with E-state index in [1.165, 1.54) is 40.6 Å².